The van der Waals surface area contributed by atoms with Gasteiger partial charge >= 0.3 is 0 Å². The highest BCUT2D eigenvalue weighted by Crippen LogP contribution is 2.24. The molecule has 1 heterocycles. The summed E-state index contributed by atoms with van der Waals surface area (Å²) >= 11 is 5.15. The molecule has 0 unspecified atom stereocenters. The van der Waals surface area contributed by atoms with Crippen LogP contribution in [0, 0.1) is 5.92 Å². The highest BCUT2D eigenvalue weighted by atomic mass is 79.9. The van der Waals surface area contributed by atoms with Crippen LogP contribution in [-0.4, -0.2) is 11.5 Å². The molecule has 20 heavy (non-hydrogen) atoms. The molecule has 0 aliphatic rings. The van der Waals surface area contributed by atoms with Gasteiger partial charge in [0.15, 0.2) is 0 Å². The first-order valence-corrected chi connectivity index (χ1v) is 8.33. The molecule has 0 atom stereocenters. The fraction of sp³-hybridized carbons (Fsp3) is 0.400. The van der Waals surface area contributed by atoms with Gasteiger partial charge in [-0.3, -0.25) is 0 Å². The minimum Gasteiger partial charge on any atom is -0.486 e. The summed E-state index contributed by atoms with van der Waals surface area (Å²) in [5, 5.41) is 6.56. The zero-order valence-corrected chi connectivity index (χ0v) is 14.1. The van der Waals surface area contributed by atoms with Crippen LogP contribution in [0.5, 0.6) is 5.75 Å². The molecular weight excluding hydrogens is 336 g/mol. The van der Waals surface area contributed by atoms with Crippen molar-refractivity contribution in [1.29, 1.82) is 0 Å². The molecule has 2 aromatic rings. The van der Waals surface area contributed by atoms with Crippen molar-refractivity contribution in [2.45, 2.75) is 27.0 Å². The molecule has 0 aliphatic heterocycles. The van der Waals surface area contributed by atoms with Crippen molar-refractivity contribution in [3.05, 3.63) is 44.8 Å². The Labute approximate surface area is 132 Å². The molecule has 0 saturated heterocycles. The van der Waals surface area contributed by atoms with Gasteiger partial charge in [0.1, 0.15) is 17.4 Å². The van der Waals surface area contributed by atoms with Gasteiger partial charge in [0, 0.05) is 11.9 Å². The number of nitrogens with one attached hydrogen (secondary N) is 1. The number of thiazole rings is 1. The number of hydrogen-bond donors (Lipinski definition) is 1. The van der Waals surface area contributed by atoms with Gasteiger partial charge < -0.3 is 10.1 Å². The summed E-state index contributed by atoms with van der Waals surface area (Å²) in [5.41, 5.74) is 0.979. The average Bonchev–Trinajstić information content (AvgIpc) is 2.85. The Morgan fingerprint density at radius 1 is 1.35 bits per heavy atom. The molecule has 0 bridgehead atoms. The number of hydrogen-bond acceptors (Lipinski definition) is 4. The average molecular weight is 355 g/mol. The van der Waals surface area contributed by atoms with Crippen molar-refractivity contribution in [1.82, 2.24) is 10.3 Å². The molecule has 0 amide bonds. The van der Waals surface area contributed by atoms with Gasteiger partial charge in [0.2, 0.25) is 0 Å². The number of ether oxygens (including phenoxy) is 1. The molecule has 1 aromatic heterocycles. The second-order valence-electron chi connectivity index (χ2n) is 4.98. The summed E-state index contributed by atoms with van der Waals surface area (Å²) in [7, 11) is 0. The molecule has 0 fully saturated rings. The summed E-state index contributed by atoms with van der Waals surface area (Å²) < 4.78 is 6.72. The van der Waals surface area contributed by atoms with E-state index in [2.05, 4.69) is 45.5 Å². The number of aromatic nitrogens is 1. The lowest BCUT2D eigenvalue weighted by Crippen LogP contribution is -2.18. The summed E-state index contributed by atoms with van der Waals surface area (Å²) in [6.45, 7) is 6.75. The molecule has 3 nitrogen and oxygen atoms in total. The van der Waals surface area contributed by atoms with E-state index in [1.165, 1.54) is 0 Å². The normalized spacial score (nSPS) is 11.0. The summed E-state index contributed by atoms with van der Waals surface area (Å²) in [5.74, 6) is 1.51. The molecule has 5 heteroatoms. The van der Waals surface area contributed by atoms with E-state index in [1.807, 2.05) is 24.3 Å². The fourth-order valence-corrected chi connectivity index (χ4v) is 2.83. The largest absolute Gasteiger partial charge is 0.486 e. The third-order valence-corrected chi connectivity index (χ3v) is 4.19. The van der Waals surface area contributed by atoms with E-state index in [-0.39, 0.29) is 0 Å². The molecule has 2 rings (SSSR count). The third kappa shape index (κ3) is 4.89. The maximum atomic E-state index is 5.76. The SMILES string of the molecule is CC(C)CNCc1nc(COc2ccccc2Br)cs1. The fourth-order valence-electron chi connectivity index (χ4n) is 1.68. The van der Waals surface area contributed by atoms with Gasteiger partial charge in [-0.05, 0) is 40.5 Å². The van der Waals surface area contributed by atoms with Crippen LogP contribution in [0.2, 0.25) is 0 Å². The van der Waals surface area contributed by atoms with Gasteiger partial charge in [-0.25, -0.2) is 4.98 Å². The topological polar surface area (TPSA) is 34.2 Å². The van der Waals surface area contributed by atoms with Gasteiger partial charge in [-0.2, -0.15) is 0 Å². The van der Waals surface area contributed by atoms with Crippen molar-refractivity contribution in [2.24, 2.45) is 5.92 Å². The van der Waals surface area contributed by atoms with Crippen LogP contribution in [0.4, 0.5) is 0 Å². The van der Waals surface area contributed by atoms with Crippen LogP contribution >= 0.6 is 27.3 Å². The van der Waals surface area contributed by atoms with E-state index in [0.29, 0.717) is 12.5 Å². The smallest absolute Gasteiger partial charge is 0.134 e. The van der Waals surface area contributed by atoms with E-state index >= 15 is 0 Å². The Kier molecular flexibility index (Phi) is 6.01. The minimum absolute atomic E-state index is 0.503. The lowest BCUT2D eigenvalue weighted by molar-refractivity contribution is 0.300. The highest BCUT2D eigenvalue weighted by Gasteiger charge is 2.05. The number of rotatable bonds is 7. The molecule has 0 radical (unpaired) electrons. The maximum absolute atomic E-state index is 5.76. The Balaban J connectivity index is 1.82. The number of nitrogens with zero attached hydrogens (tertiary/aromatic N) is 1. The Hall–Kier alpha value is -0.910. The van der Waals surface area contributed by atoms with Crippen LogP contribution < -0.4 is 10.1 Å². The second kappa shape index (κ2) is 7.76. The van der Waals surface area contributed by atoms with Crippen LogP contribution in [0.15, 0.2) is 34.1 Å². The number of halogens is 1. The predicted molar refractivity (Wildman–Crippen MR) is 87.1 cm³/mol. The quantitative estimate of drug-likeness (QED) is 0.807. The highest BCUT2D eigenvalue weighted by molar-refractivity contribution is 9.10. The molecule has 0 aliphatic carbocycles. The van der Waals surface area contributed by atoms with Crippen LogP contribution in [-0.2, 0) is 13.2 Å². The Bertz CT molecular complexity index is 542. The van der Waals surface area contributed by atoms with Crippen molar-refractivity contribution in [3.63, 3.8) is 0 Å². The Morgan fingerprint density at radius 3 is 2.90 bits per heavy atom. The van der Waals surface area contributed by atoms with E-state index in [1.54, 1.807) is 11.3 Å². The molecule has 108 valence electrons. The van der Waals surface area contributed by atoms with E-state index in [4.69, 9.17) is 4.74 Å². The van der Waals surface area contributed by atoms with Gasteiger partial charge in [0.05, 0.1) is 10.2 Å². The molecule has 0 spiro atoms. The number of para-hydroxylation sites is 1. The van der Waals surface area contributed by atoms with Gasteiger partial charge in [0.25, 0.3) is 0 Å². The molecule has 1 aromatic carbocycles. The second-order valence-corrected chi connectivity index (χ2v) is 6.77. The maximum Gasteiger partial charge on any atom is 0.134 e. The number of benzene rings is 1. The summed E-state index contributed by atoms with van der Waals surface area (Å²) in [4.78, 5) is 4.57. The van der Waals surface area contributed by atoms with Crippen LogP contribution in [0.1, 0.15) is 24.5 Å². The first-order valence-electron chi connectivity index (χ1n) is 6.66. The van der Waals surface area contributed by atoms with Crippen molar-refractivity contribution >= 4 is 27.3 Å². The molecule has 1 N–H and O–H groups in total. The molecule has 0 saturated carbocycles. The summed E-state index contributed by atoms with van der Waals surface area (Å²) in [6, 6.07) is 7.85. The summed E-state index contributed by atoms with van der Waals surface area (Å²) in [6.07, 6.45) is 0. The monoisotopic (exact) mass is 354 g/mol. The third-order valence-electron chi connectivity index (χ3n) is 2.64. The van der Waals surface area contributed by atoms with E-state index in [9.17, 15) is 0 Å². The lowest BCUT2D eigenvalue weighted by atomic mass is 10.2. The van der Waals surface area contributed by atoms with E-state index in [0.717, 1.165) is 34.0 Å². The lowest BCUT2D eigenvalue weighted by Gasteiger charge is -2.06. The van der Waals surface area contributed by atoms with Crippen molar-refractivity contribution in [3.8, 4) is 5.75 Å². The van der Waals surface area contributed by atoms with Crippen LogP contribution in [0.3, 0.4) is 0 Å². The zero-order valence-electron chi connectivity index (χ0n) is 11.7. The zero-order chi connectivity index (χ0) is 14.4. The van der Waals surface area contributed by atoms with E-state index < -0.39 is 0 Å². The first kappa shape index (κ1) is 15.5. The van der Waals surface area contributed by atoms with Crippen molar-refractivity contribution < 1.29 is 4.74 Å². The van der Waals surface area contributed by atoms with Gasteiger partial charge in [-0.1, -0.05) is 26.0 Å². The van der Waals surface area contributed by atoms with Gasteiger partial charge in [-0.15, -0.1) is 11.3 Å². The molecular formula is C15H19BrN2OS. The van der Waals surface area contributed by atoms with Crippen LogP contribution in [0.25, 0.3) is 0 Å². The first-order chi connectivity index (χ1) is 9.65. The predicted octanol–water partition coefficient (Wildman–Crippen LogP) is 4.23. The Morgan fingerprint density at radius 2 is 2.15 bits per heavy atom. The minimum atomic E-state index is 0.503. The standard InChI is InChI=1S/C15H19BrN2OS/c1-11(2)7-17-8-15-18-12(10-20-15)9-19-14-6-4-3-5-13(14)16/h3-6,10-11,17H,7-9H2,1-2H3. The van der Waals surface area contributed by atoms with Crippen molar-refractivity contribution in [2.75, 3.05) is 6.54 Å².